The van der Waals surface area contributed by atoms with E-state index in [1.54, 1.807) is 59.5 Å². The number of carbonyl (C=O) groups is 3. The van der Waals surface area contributed by atoms with Gasteiger partial charge in [-0.2, -0.15) is 0 Å². The molecule has 3 amide bonds. The number of hydrogen-bond acceptors (Lipinski definition) is 4. The van der Waals surface area contributed by atoms with Crippen LogP contribution in [0.2, 0.25) is 0 Å². The summed E-state index contributed by atoms with van der Waals surface area (Å²) in [5.74, 6) is -1.33. The highest BCUT2D eigenvalue weighted by Gasteiger charge is 2.38. The molecule has 160 valence electrons. The summed E-state index contributed by atoms with van der Waals surface area (Å²) in [6.45, 7) is 2.40. The number of carbonyl (C=O) groups excluding carboxylic acids is 3. The molecule has 3 aromatic rings. The molecule has 1 aliphatic heterocycles. The van der Waals surface area contributed by atoms with E-state index in [4.69, 9.17) is 11.6 Å². The van der Waals surface area contributed by atoms with E-state index in [1.165, 1.54) is 0 Å². The lowest BCUT2D eigenvalue weighted by atomic mass is 10.1. The second kappa shape index (κ2) is 9.08. The molecule has 0 aromatic heterocycles. The molecule has 3 aromatic carbocycles. The van der Waals surface area contributed by atoms with Gasteiger partial charge in [0.05, 0.1) is 5.69 Å². The Hall–Kier alpha value is -3.90. The summed E-state index contributed by atoms with van der Waals surface area (Å²) >= 11 is 6.20. The molecule has 1 N–H and O–H groups in total. The Kier molecular flexibility index (Phi) is 6.05. The number of nitrogens with zero attached hydrogens (tertiary/aromatic N) is 2. The third kappa shape index (κ3) is 4.00. The Morgan fingerprint density at radius 1 is 0.906 bits per heavy atom. The lowest BCUT2D eigenvalue weighted by Crippen LogP contribution is -2.32. The van der Waals surface area contributed by atoms with Gasteiger partial charge in [-0.25, -0.2) is 4.90 Å². The van der Waals surface area contributed by atoms with Gasteiger partial charge < -0.3 is 10.2 Å². The van der Waals surface area contributed by atoms with E-state index in [-0.39, 0.29) is 16.6 Å². The van der Waals surface area contributed by atoms with Gasteiger partial charge in [-0.1, -0.05) is 54.1 Å². The molecule has 0 bridgehead atoms. The molecule has 0 aliphatic carbocycles. The van der Waals surface area contributed by atoms with Crippen molar-refractivity contribution < 1.29 is 14.4 Å². The maximum Gasteiger partial charge on any atom is 0.283 e. The molecule has 0 saturated carbocycles. The van der Waals surface area contributed by atoms with Crippen LogP contribution < -0.4 is 15.1 Å². The molecule has 0 atom stereocenters. The van der Waals surface area contributed by atoms with Gasteiger partial charge in [-0.3, -0.25) is 14.4 Å². The number of hydrogen-bond donors (Lipinski definition) is 1. The van der Waals surface area contributed by atoms with Crippen LogP contribution in [0.25, 0.3) is 0 Å². The first kappa shape index (κ1) is 21.3. The first-order valence-electron chi connectivity index (χ1n) is 10.1. The third-order valence-corrected chi connectivity index (χ3v) is 5.40. The van der Waals surface area contributed by atoms with Crippen LogP contribution in [-0.2, 0) is 9.59 Å². The quantitative estimate of drug-likeness (QED) is 0.554. The van der Waals surface area contributed by atoms with Crippen molar-refractivity contribution >= 4 is 46.4 Å². The lowest BCUT2D eigenvalue weighted by molar-refractivity contribution is -0.120. The highest BCUT2D eigenvalue weighted by molar-refractivity contribution is 6.53. The number of imide groups is 1. The van der Waals surface area contributed by atoms with Crippen molar-refractivity contribution in [2.24, 2.45) is 0 Å². The summed E-state index contributed by atoms with van der Waals surface area (Å²) in [6.07, 6.45) is 0. The second-order valence-corrected chi connectivity index (χ2v) is 7.44. The summed E-state index contributed by atoms with van der Waals surface area (Å²) < 4.78 is 0. The number of nitrogens with one attached hydrogen (secondary N) is 1. The summed E-state index contributed by atoms with van der Waals surface area (Å²) in [6, 6.07) is 24.7. The zero-order valence-corrected chi connectivity index (χ0v) is 18.0. The Morgan fingerprint density at radius 2 is 1.56 bits per heavy atom. The minimum Gasteiger partial charge on any atom is -0.350 e. The molecule has 7 heteroatoms. The Morgan fingerprint density at radius 3 is 2.22 bits per heavy atom. The van der Waals surface area contributed by atoms with Gasteiger partial charge in [0.1, 0.15) is 10.7 Å². The molecule has 1 aliphatic rings. The van der Waals surface area contributed by atoms with Crippen LogP contribution in [0.4, 0.5) is 17.1 Å². The minimum atomic E-state index is -0.598. The van der Waals surface area contributed by atoms with E-state index in [9.17, 15) is 14.4 Å². The van der Waals surface area contributed by atoms with Gasteiger partial charge in [0, 0.05) is 23.5 Å². The van der Waals surface area contributed by atoms with Gasteiger partial charge >= 0.3 is 0 Å². The summed E-state index contributed by atoms with van der Waals surface area (Å²) in [4.78, 5) is 41.3. The largest absolute Gasteiger partial charge is 0.350 e. The SMILES string of the molecule is CCN(C(=O)c1cccc(NC2=C(Cl)C(=O)N(c3ccccc3)C2=O)c1)c1ccccc1. The molecule has 1 heterocycles. The fourth-order valence-electron chi connectivity index (χ4n) is 3.50. The van der Waals surface area contributed by atoms with Gasteiger partial charge in [-0.15, -0.1) is 0 Å². The monoisotopic (exact) mass is 445 g/mol. The van der Waals surface area contributed by atoms with Crippen molar-refractivity contribution in [2.45, 2.75) is 6.92 Å². The number of para-hydroxylation sites is 2. The predicted molar refractivity (Wildman–Crippen MR) is 126 cm³/mol. The molecule has 0 fully saturated rings. The van der Waals surface area contributed by atoms with E-state index in [1.807, 2.05) is 37.3 Å². The van der Waals surface area contributed by atoms with E-state index in [2.05, 4.69) is 5.32 Å². The number of benzene rings is 3. The Bertz CT molecular complexity index is 1210. The first-order chi connectivity index (χ1) is 15.5. The van der Waals surface area contributed by atoms with Crippen LogP contribution >= 0.6 is 11.6 Å². The first-order valence-corrected chi connectivity index (χ1v) is 10.5. The van der Waals surface area contributed by atoms with Gasteiger partial charge in [-0.05, 0) is 49.4 Å². The molecule has 0 saturated heterocycles. The van der Waals surface area contributed by atoms with Crippen molar-refractivity contribution in [1.29, 1.82) is 0 Å². The highest BCUT2D eigenvalue weighted by Crippen LogP contribution is 2.30. The smallest absolute Gasteiger partial charge is 0.283 e. The predicted octanol–water partition coefficient (Wildman–Crippen LogP) is 4.79. The summed E-state index contributed by atoms with van der Waals surface area (Å²) in [7, 11) is 0. The van der Waals surface area contributed by atoms with Crippen LogP contribution in [0.3, 0.4) is 0 Å². The number of rotatable bonds is 6. The highest BCUT2D eigenvalue weighted by atomic mass is 35.5. The fourth-order valence-corrected chi connectivity index (χ4v) is 3.72. The molecular formula is C25H20ClN3O3. The van der Waals surface area contributed by atoms with Gasteiger partial charge in [0.2, 0.25) is 0 Å². The zero-order chi connectivity index (χ0) is 22.7. The topological polar surface area (TPSA) is 69.7 Å². The lowest BCUT2D eigenvalue weighted by Gasteiger charge is -2.21. The molecule has 0 unspecified atom stereocenters. The van der Waals surface area contributed by atoms with E-state index in [0.717, 1.165) is 10.6 Å². The summed E-state index contributed by atoms with van der Waals surface area (Å²) in [5.41, 5.74) is 2.11. The van der Waals surface area contributed by atoms with Crippen LogP contribution in [0.15, 0.2) is 95.7 Å². The van der Waals surface area contributed by atoms with E-state index in [0.29, 0.717) is 23.5 Å². The van der Waals surface area contributed by atoms with Crippen LogP contribution in [0, 0.1) is 0 Å². The number of anilines is 3. The third-order valence-electron chi connectivity index (χ3n) is 5.05. The molecule has 0 spiro atoms. The van der Waals surface area contributed by atoms with E-state index < -0.39 is 11.8 Å². The van der Waals surface area contributed by atoms with Gasteiger partial charge in [0.25, 0.3) is 17.7 Å². The van der Waals surface area contributed by atoms with Crippen molar-refractivity contribution in [3.05, 3.63) is 101 Å². The maximum atomic E-state index is 13.1. The van der Waals surface area contributed by atoms with Crippen LogP contribution in [0.1, 0.15) is 17.3 Å². The molecule has 6 nitrogen and oxygen atoms in total. The molecule has 0 radical (unpaired) electrons. The Balaban J connectivity index is 1.58. The van der Waals surface area contributed by atoms with Crippen LogP contribution in [-0.4, -0.2) is 24.3 Å². The Labute approximate surface area is 190 Å². The molecule has 32 heavy (non-hydrogen) atoms. The minimum absolute atomic E-state index is 0.0273. The summed E-state index contributed by atoms with van der Waals surface area (Å²) in [5, 5.41) is 2.73. The van der Waals surface area contributed by atoms with Crippen molar-refractivity contribution in [3.8, 4) is 0 Å². The van der Waals surface area contributed by atoms with Gasteiger partial charge in [0.15, 0.2) is 0 Å². The maximum absolute atomic E-state index is 13.1. The van der Waals surface area contributed by atoms with E-state index >= 15 is 0 Å². The molecular weight excluding hydrogens is 426 g/mol. The van der Waals surface area contributed by atoms with Crippen molar-refractivity contribution in [2.75, 3.05) is 21.7 Å². The standard InChI is InChI=1S/C25H20ClN3O3/c1-2-28(19-12-5-3-6-13-19)23(30)17-10-9-11-18(16-17)27-22-21(26)24(31)29(25(22)32)20-14-7-4-8-15-20/h3-16,27H,2H2,1H3. The average Bonchev–Trinajstić information content (AvgIpc) is 3.04. The fraction of sp³-hybridized carbons (Fsp3) is 0.0800. The number of amides is 3. The number of halogens is 1. The molecule has 4 rings (SSSR count). The second-order valence-electron chi connectivity index (χ2n) is 7.06. The van der Waals surface area contributed by atoms with Crippen LogP contribution in [0.5, 0.6) is 0 Å². The normalized spacial score (nSPS) is 13.5. The average molecular weight is 446 g/mol. The van der Waals surface area contributed by atoms with Crippen molar-refractivity contribution in [1.82, 2.24) is 0 Å². The zero-order valence-electron chi connectivity index (χ0n) is 17.3. The van der Waals surface area contributed by atoms with Crippen molar-refractivity contribution in [3.63, 3.8) is 0 Å².